The van der Waals surface area contributed by atoms with Gasteiger partial charge in [0, 0.05) is 24.7 Å². The van der Waals surface area contributed by atoms with Gasteiger partial charge in [0.15, 0.2) is 0 Å². The second-order valence-corrected chi connectivity index (χ2v) is 8.30. The summed E-state index contributed by atoms with van der Waals surface area (Å²) in [5.41, 5.74) is 4.25. The third-order valence-electron chi connectivity index (χ3n) is 5.77. The van der Waals surface area contributed by atoms with Crippen molar-refractivity contribution in [1.82, 2.24) is 30.5 Å². The Morgan fingerprint density at radius 1 is 1.34 bits per heavy atom. The summed E-state index contributed by atoms with van der Waals surface area (Å²) < 4.78 is 17.1. The minimum atomic E-state index is -0.0812. The molecule has 0 unspecified atom stereocenters. The van der Waals surface area contributed by atoms with Gasteiger partial charge in [0.1, 0.15) is 29.6 Å². The Hall–Kier alpha value is -4.47. The van der Waals surface area contributed by atoms with Crippen LogP contribution < -0.4 is 4.74 Å². The second-order valence-electron chi connectivity index (χ2n) is 8.30. The fourth-order valence-corrected chi connectivity index (χ4v) is 3.88. The van der Waals surface area contributed by atoms with E-state index in [1.165, 1.54) is 6.08 Å². The van der Waals surface area contributed by atoms with E-state index in [1.807, 2.05) is 26.0 Å². The number of fused-ring (bicyclic) bond motifs is 1. The molecule has 0 aliphatic carbocycles. The molecular formula is C25H24N6O4. The molecule has 4 aromatic rings. The highest BCUT2D eigenvalue weighted by atomic mass is 16.5. The molecular weight excluding hydrogens is 448 g/mol. The number of benzene rings is 1. The molecule has 1 N–H and O–H groups in total. The number of ether oxygens (including phenoxy) is 1. The van der Waals surface area contributed by atoms with Crippen molar-refractivity contribution in [3.05, 3.63) is 77.4 Å². The van der Waals surface area contributed by atoms with Crippen LogP contribution in [0.2, 0.25) is 0 Å². The average Bonchev–Trinajstić information content (AvgIpc) is 3.63. The van der Waals surface area contributed by atoms with Gasteiger partial charge in [-0.3, -0.25) is 4.79 Å². The van der Waals surface area contributed by atoms with Crippen molar-refractivity contribution in [1.29, 1.82) is 0 Å². The average molecular weight is 473 g/mol. The van der Waals surface area contributed by atoms with Crippen molar-refractivity contribution in [2.45, 2.75) is 33.4 Å². The van der Waals surface area contributed by atoms with Crippen molar-refractivity contribution in [2.75, 3.05) is 6.54 Å². The van der Waals surface area contributed by atoms with Crippen LogP contribution in [0, 0.1) is 6.92 Å². The maximum absolute atomic E-state index is 12.8. The number of carbonyl (C=O) groups excluding carboxylic acids is 1. The Morgan fingerprint density at radius 3 is 2.94 bits per heavy atom. The van der Waals surface area contributed by atoms with Crippen LogP contribution in [0.5, 0.6) is 5.75 Å². The third-order valence-corrected chi connectivity index (χ3v) is 5.77. The maximum atomic E-state index is 12.8. The van der Waals surface area contributed by atoms with Gasteiger partial charge in [-0.25, -0.2) is 4.98 Å². The molecule has 0 bridgehead atoms. The van der Waals surface area contributed by atoms with Crippen molar-refractivity contribution in [3.63, 3.8) is 0 Å². The largest absolute Gasteiger partial charge is 0.486 e. The van der Waals surface area contributed by atoms with E-state index in [-0.39, 0.29) is 12.5 Å². The molecule has 178 valence electrons. The van der Waals surface area contributed by atoms with E-state index in [4.69, 9.17) is 13.6 Å². The molecule has 4 heterocycles. The van der Waals surface area contributed by atoms with E-state index in [9.17, 15) is 4.79 Å². The van der Waals surface area contributed by atoms with Gasteiger partial charge in [0.05, 0.1) is 11.8 Å². The number of nitrogens with one attached hydrogen (secondary N) is 1. The Kier molecular flexibility index (Phi) is 6.01. The van der Waals surface area contributed by atoms with Crippen LogP contribution in [0.25, 0.3) is 23.0 Å². The molecule has 0 atom stereocenters. The number of aromatic amines is 1. The molecule has 10 heteroatoms. The molecule has 10 nitrogen and oxygen atoms in total. The number of aryl methyl sites for hydroxylation is 1. The van der Waals surface area contributed by atoms with Crippen LogP contribution in [-0.4, -0.2) is 43.0 Å². The zero-order chi connectivity index (χ0) is 24.4. The van der Waals surface area contributed by atoms with Gasteiger partial charge in [-0.1, -0.05) is 6.58 Å². The Bertz CT molecular complexity index is 1390. The van der Waals surface area contributed by atoms with Crippen molar-refractivity contribution in [2.24, 2.45) is 0 Å². The first-order valence-electron chi connectivity index (χ1n) is 11.1. The van der Waals surface area contributed by atoms with E-state index < -0.39 is 0 Å². The molecule has 1 aliphatic heterocycles. The molecule has 0 fully saturated rings. The van der Waals surface area contributed by atoms with Gasteiger partial charge in [-0.15, -0.1) is 10.2 Å². The molecule has 1 aliphatic rings. The highest BCUT2D eigenvalue weighted by Gasteiger charge is 2.23. The summed E-state index contributed by atoms with van der Waals surface area (Å²) in [7, 11) is 0. The molecule has 0 spiro atoms. The van der Waals surface area contributed by atoms with Crippen LogP contribution in [0.4, 0.5) is 0 Å². The summed E-state index contributed by atoms with van der Waals surface area (Å²) in [6.07, 6.45) is 5.47. The minimum absolute atomic E-state index is 0.0812. The van der Waals surface area contributed by atoms with Crippen LogP contribution >= 0.6 is 0 Å². The summed E-state index contributed by atoms with van der Waals surface area (Å²) in [6.45, 7) is 8.81. The molecule has 35 heavy (non-hydrogen) atoms. The normalized spacial score (nSPS) is 13.3. The Morgan fingerprint density at radius 2 is 2.23 bits per heavy atom. The summed E-state index contributed by atoms with van der Waals surface area (Å²) in [4.78, 5) is 19.0. The zero-order valence-corrected chi connectivity index (χ0v) is 19.4. The number of hydrogen-bond acceptors (Lipinski definition) is 8. The highest BCUT2D eigenvalue weighted by molar-refractivity contribution is 5.91. The number of amides is 1. The fourth-order valence-electron chi connectivity index (χ4n) is 3.88. The third kappa shape index (κ3) is 4.77. The number of H-pyrrole nitrogens is 1. The quantitative estimate of drug-likeness (QED) is 0.401. The number of nitrogens with zero attached hydrogens (tertiary/aromatic N) is 5. The van der Waals surface area contributed by atoms with Crippen molar-refractivity contribution < 1.29 is 18.4 Å². The summed E-state index contributed by atoms with van der Waals surface area (Å²) in [5, 5.41) is 14.4. The molecule has 3 aromatic heterocycles. The Balaban J connectivity index is 1.39. The SMILES string of the molecule is C=C(C)c1nc(COc2cc3c(cc2-c2nn[nH]n2)CCN(C(=O)/C=C/c2ccco2)C3)c(C)o1. The molecule has 0 saturated carbocycles. The topological polar surface area (TPSA) is 123 Å². The fraction of sp³-hybridized carbons (Fsp3) is 0.240. The lowest BCUT2D eigenvalue weighted by Gasteiger charge is -2.29. The zero-order valence-electron chi connectivity index (χ0n) is 19.4. The lowest BCUT2D eigenvalue weighted by Crippen LogP contribution is -2.34. The minimum Gasteiger partial charge on any atom is -0.486 e. The van der Waals surface area contributed by atoms with E-state index in [0.717, 1.165) is 22.3 Å². The smallest absolute Gasteiger partial charge is 0.246 e. The Labute approximate surface area is 201 Å². The van der Waals surface area contributed by atoms with Gasteiger partial charge >= 0.3 is 0 Å². The highest BCUT2D eigenvalue weighted by Crippen LogP contribution is 2.34. The molecule has 0 radical (unpaired) electrons. The molecule has 0 saturated heterocycles. The van der Waals surface area contributed by atoms with Crippen molar-refractivity contribution >= 4 is 17.6 Å². The second kappa shape index (κ2) is 9.41. The first-order chi connectivity index (χ1) is 17.0. The van der Waals surface area contributed by atoms with E-state index >= 15 is 0 Å². The van der Waals surface area contributed by atoms with Crippen LogP contribution in [0.15, 0.2) is 52.0 Å². The number of furan rings is 1. The van der Waals surface area contributed by atoms with Gasteiger partial charge in [0.2, 0.25) is 17.6 Å². The van der Waals surface area contributed by atoms with Gasteiger partial charge in [-0.2, -0.15) is 5.21 Å². The van der Waals surface area contributed by atoms with Crippen LogP contribution in [-0.2, 0) is 24.4 Å². The monoisotopic (exact) mass is 472 g/mol. The van der Waals surface area contributed by atoms with Gasteiger partial charge < -0.3 is 18.5 Å². The first kappa shape index (κ1) is 22.3. The maximum Gasteiger partial charge on any atom is 0.246 e. The summed E-state index contributed by atoms with van der Waals surface area (Å²) >= 11 is 0. The first-order valence-corrected chi connectivity index (χ1v) is 11.1. The predicted octanol–water partition coefficient (Wildman–Crippen LogP) is 3.97. The summed E-state index contributed by atoms with van der Waals surface area (Å²) in [6, 6.07) is 7.52. The molecule has 5 rings (SSSR count). The number of aromatic nitrogens is 5. The van der Waals surface area contributed by atoms with E-state index in [0.29, 0.717) is 54.2 Å². The number of carbonyl (C=O) groups is 1. The number of oxazole rings is 1. The van der Waals surface area contributed by atoms with Gasteiger partial charge in [-0.05, 0) is 67.0 Å². The predicted molar refractivity (Wildman–Crippen MR) is 127 cm³/mol. The lowest BCUT2D eigenvalue weighted by atomic mass is 9.96. The molecule has 1 amide bonds. The standard InChI is InChI=1S/C25H24N6O4/c1-15(2)25-26-21(16(3)35-25)14-34-22-12-18-13-31(23(32)7-6-19-5-4-10-33-19)9-8-17(18)11-20(22)24-27-29-30-28-24/h4-7,10-12H,1,8-9,13-14H2,2-3H3,(H,27,28,29,30)/b7-6+. The van der Waals surface area contributed by atoms with E-state index in [1.54, 1.807) is 29.4 Å². The number of hydrogen-bond donors (Lipinski definition) is 1. The summed E-state index contributed by atoms with van der Waals surface area (Å²) in [5.74, 6) is 2.72. The number of rotatable bonds is 7. The van der Waals surface area contributed by atoms with E-state index in [2.05, 4.69) is 32.2 Å². The molecule has 1 aromatic carbocycles. The van der Waals surface area contributed by atoms with Crippen LogP contribution in [0.1, 0.15) is 41.2 Å². The van der Waals surface area contributed by atoms with Crippen molar-refractivity contribution in [3.8, 4) is 17.1 Å². The lowest BCUT2D eigenvalue weighted by molar-refractivity contribution is -0.126. The number of allylic oxidation sites excluding steroid dienone is 1. The van der Waals surface area contributed by atoms with Gasteiger partial charge in [0.25, 0.3) is 0 Å². The van der Waals surface area contributed by atoms with Crippen LogP contribution in [0.3, 0.4) is 0 Å². The number of tetrazole rings is 1.